The second kappa shape index (κ2) is 6.70. The molecule has 2 rings (SSSR count). The number of rotatable bonds is 4. The minimum Gasteiger partial charge on any atom is -0.361 e. The van der Waals surface area contributed by atoms with Crippen LogP contribution in [-0.2, 0) is 6.54 Å². The summed E-state index contributed by atoms with van der Waals surface area (Å²) in [5.74, 6) is 0.935. The molecule has 1 aromatic heterocycles. The highest BCUT2D eigenvalue weighted by atomic mass is 16.1. The summed E-state index contributed by atoms with van der Waals surface area (Å²) in [6.45, 7) is 6.92. The summed E-state index contributed by atoms with van der Waals surface area (Å²) in [5.41, 5.74) is -0.0135. The molecule has 0 saturated carbocycles. The van der Waals surface area contributed by atoms with Gasteiger partial charge in [0, 0.05) is 31.5 Å². The van der Waals surface area contributed by atoms with E-state index < -0.39 is 0 Å². The van der Waals surface area contributed by atoms with Gasteiger partial charge in [0.05, 0.1) is 0 Å². The maximum Gasteiger partial charge on any atom is 0.293 e. The standard InChI is InChI=1S/C14H24N4O/c1-11(2)10-18-8-7-16-13(14(18)19)17-12-5-3-4-6-15-9-12/h7-8,11-12,15H,3-6,9-10H2,1-2H3,(H,16,17). The molecule has 5 heteroatoms. The Bertz CT molecular complexity index is 447. The van der Waals surface area contributed by atoms with Crippen LogP contribution in [0.15, 0.2) is 17.2 Å². The Hall–Kier alpha value is -1.36. The summed E-state index contributed by atoms with van der Waals surface area (Å²) < 4.78 is 1.74. The van der Waals surface area contributed by atoms with Crippen molar-refractivity contribution in [1.29, 1.82) is 0 Å². The van der Waals surface area contributed by atoms with Crippen molar-refractivity contribution in [3.8, 4) is 0 Å². The van der Waals surface area contributed by atoms with E-state index in [0.29, 0.717) is 17.8 Å². The van der Waals surface area contributed by atoms with Crippen molar-refractivity contribution in [2.45, 2.75) is 45.7 Å². The molecular formula is C14H24N4O. The van der Waals surface area contributed by atoms with Crippen molar-refractivity contribution >= 4 is 5.82 Å². The molecule has 0 aromatic carbocycles. The van der Waals surface area contributed by atoms with Gasteiger partial charge in [-0.2, -0.15) is 0 Å². The van der Waals surface area contributed by atoms with Gasteiger partial charge in [0.15, 0.2) is 5.82 Å². The van der Waals surface area contributed by atoms with Crippen molar-refractivity contribution in [2.24, 2.45) is 5.92 Å². The third-order valence-electron chi connectivity index (χ3n) is 3.36. The van der Waals surface area contributed by atoms with Gasteiger partial charge in [0.25, 0.3) is 5.56 Å². The highest BCUT2D eigenvalue weighted by Crippen LogP contribution is 2.08. The van der Waals surface area contributed by atoms with Gasteiger partial charge in [-0.25, -0.2) is 4.98 Å². The Morgan fingerprint density at radius 2 is 2.37 bits per heavy atom. The Balaban J connectivity index is 2.09. The van der Waals surface area contributed by atoms with E-state index in [9.17, 15) is 4.79 Å². The molecule has 2 N–H and O–H groups in total. The Labute approximate surface area is 114 Å². The molecule has 1 unspecified atom stereocenters. The van der Waals surface area contributed by atoms with Gasteiger partial charge in [0.2, 0.25) is 0 Å². The number of hydrogen-bond acceptors (Lipinski definition) is 4. The average Bonchev–Trinajstić information content (AvgIpc) is 2.62. The molecule has 1 saturated heterocycles. The van der Waals surface area contributed by atoms with E-state index >= 15 is 0 Å². The first-order valence-corrected chi connectivity index (χ1v) is 7.19. The summed E-state index contributed by atoms with van der Waals surface area (Å²) >= 11 is 0. The highest BCUT2D eigenvalue weighted by molar-refractivity contribution is 5.32. The Morgan fingerprint density at radius 1 is 1.53 bits per heavy atom. The minimum atomic E-state index is -0.0135. The quantitative estimate of drug-likeness (QED) is 0.864. The second-order valence-electron chi connectivity index (χ2n) is 5.67. The molecular weight excluding hydrogens is 240 g/mol. The molecule has 5 nitrogen and oxygen atoms in total. The zero-order valence-corrected chi connectivity index (χ0v) is 11.9. The zero-order valence-electron chi connectivity index (χ0n) is 11.9. The first kappa shape index (κ1) is 14.1. The lowest BCUT2D eigenvalue weighted by atomic mass is 10.1. The van der Waals surface area contributed by atoms with Gasteiger partial charge in [-0.05, 0) is 25.3 Å². The summed E-state index contributed by atoms with van der Waals surface area (Å²) in [4.78, 5) is 16.5. The van der Waals surface area contributed by atoms with E-state index in [2.05, 4.69) is 29.5 Å². The summed E-state index contributed by atoms with van der Waals surface area (Å²) in [7, 11) is 0. The molecule has 1 aliphatic heterocycles. The van der Waals surface area contributed by atoms with Gasteiger partial charge >= 0.3 is 0 Å². The fourth-order valence-electron chi connectivity index (χ4n) is 2.42. The van der Waals surface area contributed by atoms with Crippen LogP contribution in [0.2, 0.25) is 0 Å². The van der Waals surface area contributed by atoms with Crippen LogP contribution in [0.5, 0.6) is 0 Å². The van der Waals surface area contributed by atoms with Crippen LogP contribution in [0, 0.1) is 5.92 Å². The molecule has 1 fully saturated rings. The molecule has 0 radical (unpaired) electrons. The summed E-state index contributed by atoms with van der Waals surface area (Å²) in [6, 6.07) is 0.303. The number of anilines is 1. The average molecular weight is 264 g/mol. The van der Waals surface area contributed by atoms with Gasteiger partial charge in [-0.15, -0.1) is 0 Å². The lowest BCUT2D eigenvalue weighted by Gasteiger charge is -2.17. The van der Waals surface area contributed by atoms with Gasteiger partial charge in [-0.3, -0.25) is 4.79 Å². The van der Waals surface area contributed by atoms with Gasteiger partial charge in [0.1, 0.15) is 0 Å². The molecule has 19 heavy (non-hydrogen) atoms. The fraction of sp³-hybridized carbons (Fsp3) is 0.714. The molecule has 106 valence electrons. The van der Waals surface area contributed by atoms with E-state index in [4.69, 9.17) is 0 Å². The Morgan fingerprint density at radius 3 is 3.16 bits per heavy atom. The Kier molecular flexibility index (Phi) is 4.96. The van der Waals surface area contributed by atoms with Crippen molar-refractivity contribution in [2.75, 3.05) is 18.4 Å². The van der Waals surface area contributed by atoms with E-state index in [0.717, 1.165) is 26.1 Å². The number of nitrogens with one attached hydrogen (secondary N) is 2. The van der Waals surface area contributed by atoms with Crippen molar-refractivity contribution < 1.29 is 0 Å². The SMILES string of the molecule is CC(C)Cn1ccnc(NC2CCCCNC2)c1=O. The smallest absolute Gasteiger partial charge is 0.293 e. The van der Waals surface area contributed by atoms with Gasteiger partial charge in [-0.1, -0.05) is 20.3 Å². The van der Waals surface area contributed by atoms with Crippen LogP contribution < -0.4 is 16.2 Å². The van der Waals surface area contributed by atoms with Crippen molar-refractivity contribution in [3.05, 3.63) is 22.7 Å². The number of nitrogens with zero attached hydrogens (tertiary/aromatic N) is 2. The van der Waals surface area contributed by atoms with Crippen LogP contribution in [0.3, 0.4) is 0 Å². The summed E-state index contributed by atoms with van der Waals surface area (Å²) in [6.07, 6.45) is 6.96. The molecule has 1 aliphatic rings. The normalized spacial score (nSPS) is 20.3. The maximum atomic E-state index is 12.3. The molecule has 1 aromatic rings. The number of hydrogen-bond donors (Lipinski definition) is 2. The maximum absolute atomic E-state index is 12.3. The fourth-order valence-corrected chi connectivity index (χ4v) is 2.42. The first-order chi connectivity index (χ1) is 9.16. The van der Waals surface area contributed by atoms with Crippen LogP contribution in [0.1, 0.15) is 33.1 Å². The lowest BCUT2D eigenvalue weighted by Crippen LogP contribution is -2.35. The van der Waals surface area contributed by atoms with E-state index in [1.54, 1.807) is 17.0 Å². The monoisotopic (exact) mass is 264 g/mol. The van der Waals surface area contributed by atoms with E-state index in [1.165, 1.54) is 12.8 Å². The topological polar surface area (TPSA) is 59.0 Å². The van der Waals surface area contributed by atoms with Crippen LogP contribution in [-0.4, -0.2) is 28.7 Å². The van der Waals surface area contributed by atoms with Crippen molar-refractivity contribution in [3.63, 3.8) is 0 Å². The zero-order chi connectivity index (χ0) is 13.7. The predicted octanol–water partition coefficient (Wildman–Crippen LogP) is 1.45. The molecule has 0 aliphatic carbocycles. The van der Waals surface area contributed by atoms with Gasteiger partial charge < -0.3 is 15.2 Å². The van der Waals surface area contributed by atoms with Crippen molar-refractivity contribution in [1.82, 2.24) is 14.9 Å². The van der Waals surface area contributed by atoms with E-state index in [1.807, 2.05) is 0 Å². The predicted molar refractivity (Wildman–Crippen MR) is 77.5 cm³/mol. The largest absolute Gasteiger partial charge is 0.361 e. The highest BCUT2D eigenvalue weighted by Gasteiger charge is 2.14. The van der Waals surface area contributed by atoms with Crippen LogP contribution in [0.25, 0.3) is 0 Å². The molecule has 0 spiro atoms. The first-order valence-electron chi connectivity index (χ1n) is 7.19. The number of aromatic nitrogens is 2. The lowest BCUT2D eigenvalue weighted by molar-refractivity contribution is 0.508. The third kappa shape index (κ3) is 4.06. The minimum absolute atomic E-state index is 0.0135. The molecule has 2 heterocycles. The third-order valence-corrected chi connectivity index (χ3v) is 3.36. The van der Waals surface area contributed by atoms with Crippen LogP contribution >= 0.6 is 0 Å². The molecule has 1 atom stereocenters. The molecule has 0 bridgehead atoms. The van der Waals surface area contributed by atoms with Crippen LogP contribution in [0.4, 0.5) is 5.82 Å². The molecule has 0 amide bonds. The summed E-state index contributed by atoms with van der Waals surface area (Å²) in [5, 5.41) is 6.68. The second-order valence-corrected chi connectivity index (χ2v) is 5.67. The van der Waals surface area contributed by atoms with E-state index in [-0.39, 0.29) is 5.56 Å².